The van der Waals surface area contributed by atoms with Gasteiger partial charge in [-0.05, 0) is 25.9 Å². The van der Waals surface area contributed by atoms with Crippen molar-refractivity contribution in [2.24, 2.45) is 4.99 Å². The fourth-order valence-corrected chi connectivity index (χ4v) is 3.49. The lowest BCUT2D eigenvalue weighted by Gasteiger charge is -2.26. The fourth-order valence-electron chi connectivity index (χ4n) is 2.77. The van der Waals surface area contributed by atoms with Crippen LogP contribution in [-0.2, 0) is 6.54 Å². The van der Waals surface area contributed by atoms with E-state index in [9.17, 15) is 0 Å². The maximum absolute atomic E-state index is 4.56. The molecule has 120 valence electrons. The molecule has 3 rings (SSSR count). The van der Waals surface area contributed by atoms with Crippen LogP contribution in [-0.4, -0.2) is 53.5 Å². The van der Waals surface area contributed by atoms with Crippen molar-refractivity contribution in [3.8, 4) is 0 Å². The van der Waals surface area contributed by atoms with E-state index in [1.165, 1.54) is 32.4 Å². The van der Waals surface area contributed by atoms with Crippen molar-refractivity contribution in [2.45, 2.75) is 25.8 Å². The summed E-state index contributed by atoms with van der Waals surface area (Å²) in [7, 11) is 1.81. The second-order valence-electron chi connectivity index (χ2n) is 5.58. The molecule has 0 unspecified atom stereocenters. The van der Waals surface area contributed by atoms with E-state index in [-0.39, 0.29) is 0 Å². The first-order chi connectivity index (χ1) is 10.8. The Bertz CT molecular complexity index is 582. The fraction of sp³-hybridized carbons (Fsp3) is 0.600. The summed E-state index contributed by atoms with van der Waals surface area (Å²) in [6.07, 6.45) is 8.14. The highest BCUT2D eigenvalue weighted by molar-refractivity contribution is 7.15. The van der Waals surface area contributed by atoms with Gasteiger partial charge in [-0.15, -0.1) is 11.3 Å². The molecule has 1 aliphatic heterocycles. The molecule has 0 saturated carbocycles. The number of aromatic nitrogens is 2. The number of likely N-dealkylation sites (tertiary alicyclic amines) is 1. The van der Waals surface area contributed by atoms with Crippen molar-refractivity contribution in [1.82, 2.24) is 24.9 Å². The lowest BCUT2D eigenvalue weighted by molar-refractivity contribution is 0.232. The van der Waals surface area contributed by atoms with Gasteiger partial charge in [0.25, 0.3) is 0 Å². The molecule has 2 N–H and O–H groups in total. The first kappa shape index (κ1) is 15.3. The van der Waals surface area contributed by atoms with Crippen molar-refractivity contribution >= 4 is 22.3 Å². The summed E-state index contributed by atoms with van der Waals surface area (Å²) in [5.74, 6) is 0.841. The van der Waals surface area contributed by atoms with Gasteiger partial charge in [-0.1, -0.05) is 6.42 Å². The zero-order chi connectivity index (χ0) is 15.2. The van der Waals surface area contributed by atoms with E-state index < -0.39 is 0 Å². The Kier molecular flexibility index (Phi) is 5.29. The zero-order valence-corrected chi connectivity index (χ0v) is 13.9. The molecule has 7 heteroatoms. The van der Waals surface area contributed by atoms with Crippen LogP contribution in [0.15, 0.2) is 22.8 Å². The number of guanidine groups is 1. The number of nitrogens with zero attached hydrogens (tertiary/aromatic N) is 4. The minimum atomic E-state index is 0.692. The van der Waals surface area contributed by atoms with E-state index in [4.69, 9.17) is 0 Å². The van der Waals surface area contributed by atoms with Crippen molar-refractivity contribution in [1.29, 1.82) is 0 Å². The average molecular weight is 320 g/mol. The number of nitrogens with one attached hydrogen (secondary N) is 2. The SMILES string of the molecule is CN=C(NCCN1CCCCC1)NCc1cn2ccsc2n1. The summed E-state index contributed by atoms with van der Waals surface area (Å²) in [4.78, 5) is 12.4. The van der Waals surface area contributed by atoms with Crippen LogP contribution in [0, 0.1) is 0 Å². The van der Waals surface area contributed by atoms with Crippen LogP contribution in [0.4, 0.5) is 0 Å². The molecular weight excluding hydrogens is 296 g/mol. The molecule has 0 aromatic carbocycles. The number of hydrogen-bond acceptors (Lipinski definition) is 4. The van der Waals surface area contributed by atoms with E-state index in [0.717, 1.165) is 29.7 Å². The summed E-state index contributed by atoms with van der Waals surface area (Å²) >= 11 is 1.65. The van der Waals surface area contributed by atoms with E-state index in [2.05, 4.69) is 31.7 Å². The van der Waals surface area contributed by atoms with Crippen molar-refractivity contribution in [3.05, 3.63) is 23.5 Å². The van der Waals surface area contributed by atoms with Crippen molar-refractivity contribution in [3.63, 3.8) is 0 Å². The second kappa shape index (κ2) is 7.60. The first-order valence-electron chi connectivity index (χ1n) is 7.93. The number of thiazole rings is 1. The Morgan fingerprint density at radius 3 is 2.95 bits per heavy atom. The molecule has 1 fully saturated rings. The maximum Gasteiger partial charge on any atom is 0.193 e. The highest BCUT2D eigenvalue weighted by Crippen LogP contribution is 2.11. The van der Waals surface area contributed by atoms with Gasteiger partial charge in [0, 0.05) is 37.9 Å². The van der Waals surface area contributed by atoms with Crippen LogP contribution in [0.2, 0.25) is 0 Å². The second-order valence-corrected chi connectivity index (χ2v) is 6.45. The molecule has 0 bridgehead atoms. The molecule has 1 saturated heterocycles. The Morgan fingerprint density at radius 2 is 2.18 bits per heavy atom. The predicted octanol–water partition coefficient (Wildman–Crippen LogP) is 1.55. The van der Waals surface area contributed by atoms with Crippen molar-refractivity contribution in [2.75, 3.05) is 33.2 Å². The number of aliphatic imine (C=N–C) groups is 1. The van der Waals surface area contributed by atoms with Crippen LogP contribution in [0.3, 0.4) is 0 Å². The number of piperidine rings is 1. The number of hydrogen-bond donors (Lipinski definition) is 2. The normalized spacial score (nSPS) is 17.0. The summed E-state index contributed by atoms with van der Waals surface area (Å²) in [5, 5.41) is 8.75. The molecule has 2 aromatic heterocycles. The molecule has 3 heterocycles. The van der Waals surface area contributed by atoms with Crippen LogP contribution >= 0.6 is 11.3 Å². The van der Waals surface area contributed by atoms with Gasteiger partial charge in [-0.2, -0.15) is 0 Å². The maximum atomic E-state index is 4.56. The highest BCUT2D eigenvalue weighted by Gasteiger charge is 2.09. The van der Waals surface area contributed by atoms with Gasteiger partial charge in [0.15, 0.2) is 10.9 Å². The van der Waals surface area contributed by atoms with Crippen LogP contribution < -0.4 is 10.6 Å². The topological polar surface area (TPSA) is 57.0 Å². The standard InChI is InChI=1S/C15H24N6S/c1-16-14(17-5-8-20-6-3-2-4-7-20)18-11-13-12-21-9-10-22-15(21)19-13/h9-10,12H,2-8,11H2,1H3,(H2,16,17,18). The Hall–Kier alpha value is -1.60. The molecule has 2 aromatic rings. The molecule has 0 radical (unpaired) electrons. The van der Waals surface area contributed by atoms with E-state index in [1.54, 1.807) is 11.3 Å². The molecular formula is C15H24N6S. The zero-order valence-electron chi connectivity index (χ0n) is 13.1. The molecule has 0 atom stereocenters. The summed E-state index contributed by atoms with van der Waals surface area (Å²) in [6.45, 7) is 5.18. The van der Waals surface area contributed by atoms with E-state index in [1.807, 2.05) is 23.0 Å². The summed E-state index contributed by atoms with van der Waals surface area (Å²) in [6, 6.07) is 0. The third kappa shape index (κ3) is 3.98. The van der Waals surface area contributed by atoms with Gasteiger partial charge >= 0.3 is 0 Å². The van der Waals surface area contributed by atoms with E-state index >= 15 is 0 Å². The van der Waals surface area contributed by atoms with Gasteiger partial charge in [-0.25, -0.2) is 4.98 Å². The summed E-state index contributed by atoms with van der Waals surface area (Å²) < 4.78 is 2.05. The van der Waals surface area contributed by atoms with Gasteiger partial charge in [0.05, 0.1) is 12.2 Å². The lowest BCUT2D eigenvalue weighted by atomic mass is 10.1. The Labute approximate surface area is 135 Å². The van der Waals surface area contributed by atoms with Crippen molar-refractivity contribution < 1.29 is 0 Å². The number of fused-ring (bicyclic) bond motifs is 1. The van der Waals surface area contributed by atoms with Gasteiger partial charge < -0.3 is 15.5 Å². The minimum absolute atomic E-state index is 0.692. The molecule has 0 aliphatic carbocycles. The van der Waals surface area contributed by atoms with Gasteiger partial charge in [-0.3, -0.25) is 9.39 Å². The van der Waals surface area contributed by atoms with Gasteiger partial charge in [0.2, 0.25) is 0 Å². The third-order valence-electron chi connectivity index (χ3n) is 3.97. The third-order valence-corrected chi connectivity index (χ3v) is 4.74. The largest absolute Gasteiger partial charge is 0.355 e. The molecule has 0 amide bonds. The monoisotopic (exact) mass is 320 g/mol. The quantitative estimate of drug-likeness (QED) is 0.648. The molecule has 1 aliphatic rings. The molecule has 0 spiro atoms. The number of imidazole rings is 1. The number of rotatable bonds is 5. The summed E-state index contributed by atoms with van der Waals surface area (Å²) in [5.41, 5.74) is 1.03. The van der Waals surface area contributed by atoms with Gasteiger partial charge in [0.1, 0.15) is 0 Å². The van der Waals surface area contributed by atoms with Crippen LogP contribution in [0.25, 0.3) is 4.96 Å². The Morgan fingerprint density at radius 1 is 1.32 bits per heavy atom. The smallest absolute Gasteiger partial charge is 0.193 e. The predicted molar refractivity (Wildman–Crippen MR) is 91.6 cm³/mol. The minimum Gasteiger partial charge on any atom is -0.355 e. The Balaban J connectivity index is 1.40. The van der Waals surface area contributed by atoms with Crippen LogP contribution in [0.5, 0.6) is 0 Å². The first-order valence-corrected chi connectivity index (χ1v) is 8.81. The molecule has 22 heavy (non-hydrogen) atoms. The van der Waals surface area contributed by atoms with E-state index in [0.29, 0.717) is 6.54 Å². The highest BCUT2D eigenvalue weighted by atomic mass is 32.1. The molecule has 6 nitrogen and oxygen atoms in total. The van der Waals surface area contributed by atoms with Crippen LogP contribution in [0.1, 0.15) is 25.0 Å². The average Bonchev–Trinajstić information content (AvgIpc) is 3.13. The lowest BCUT2D eigenvalue weighted by Crippen LogP contribution is -2.42.